The van der Waals surface area contributed by atoms with Crippen molar-refractivity contribution in [2.45, 2.75) is 30.7 Å². The van der Waals surface area contributed by atoms with Crippen LogP contribution in [0.3, 0.4) is 0 Å². The average molecular weight is 292 g/mol. The van der Waals surface area contributed by atoms with Crippen LogP contribution >= 0.6 is 11.6 Å². The minimum Gasteiger partial charge on any atom is -0.395 e. The number of aryl methyl sites for hydroxylation is 1. The molecular weight excluding hydrogens is 274 g/mol. The monoisotopic (exact) mass is 291 g/mol. The Morgan fingerprint density at radius 1 is 1.33 bits per heavy atom. The van der Waals surface area contributed by atoms with Gasteiger partial charge in [0.2, 0.25) is 10.0 Å². The maximum atomic E-state index is 12.0. The molecule has 0 unspecified atom stereocenters. The topological polar surface area (TPSA) is 66.4 Å². The van der Waals surface area contributed by atoms with Crippen molar-refractivity contribution >= 4 is 21.6 Å². The highest BCUT2D eigenvalue weighted by Gasteiger charge is 2.18. The van der Waals surface area contributed by atoms with Gasteiger partial charge in [0.1, 0.15) is 0 Å². The highest BCUT2D eigenvalue weighted by molar-refractivity contribution is 7.89. The second-order valence-electron chi connectivity index (χ2n) is 3.99. The minimum atomic E-state index is -3.56. The van der Waals surface area contributed by atoms with Crippen molar-refractivity contribution in [1.29, 1.82) is 0 Å². The first kappa shape index (κ1) is 15.4. The Balaban J connectivity index is 2.84. The number of sulfonamides is 1. The number of halogens is 1. The van der Waals surface area contributed by atoms with Crippen LogP contribution in [-0.2, 0) is 16.4 Å². The molecular formula is C12H18ClNO3S. The van der Waals surface area contributed by atoms with E-state index in [1.54, 1.807) is 24.3 Å². The summed E-state index contributed by atoms with van der Waals surface area (Å²) in [5.41, 5.74) is 0.998. The fourth-order valence-corrected chi connectivity index (χ4v) is 3.01. The van der Waals surface area contributed by atoms with Gasteiger partial charge >= 0.3 is 0 Å². The van der Waals surface area contributed by atoms with E-state index in [4.69, 9.17) is 16.7 Å². The summed E-state index contributed by atoms with van der Waals surface area (Å²) in [6, 6.07) is 6.15. The molecule has 0 bridgehead atoms. The van der Waals surface area contributed by atoms with Gasteiger partial charge in [-0.1, -0.05) is 19.1 Å². The van der Waals surface area contributed by atoms with Crippen molar-refractivity contribution in [3.8, 4) is 0 Å². The van der Waals surface area contributed by atoms with Crippen LogP contribution in [0, 0.1) is 0 Å². The van der Waals surface area contributed by atoms with Crippen LogP contribution < -0.4 is 4.72 Å². The maximum absolute atomic E-state index is 12.0. The molecule has 0 aliphatic heterocycles. The van der Waals surface area contributed by atoms with Crippen LogP contribution in [0.1, 0.15) is 18.9 Å². The van der Waals surface area contributed by atoms with E-state index in [0.29, 0.717) is 18.7 Å². The molecule has 1 aromatic carbocycles. The lowest BCUT2D eigenvalue weighted by Gasteiger charge is -2.14. The number of hydrogen-bond acceptors (Lipinski definition) is 3. The van der Waals surface area contributed by atoms with Crippen molar-refractivity contribution < 1.29 is 13.5 Å². The van der Waals surface area contributed by atoms with Crippen molar-refractivity contribution in [2.24, 2.45) is 0 Å². The molecule has 0 spiro atoms. The zero-order valence-electron chi connectivity index (χ0n) is 10.3. The molecule has 1 atom stereocenters. The highest BCUT2D eigenvalue weighted by Crippen LogP contribution is 2.12. The molecule has 0 fully saturated rings. The van der Waals surface area contributed by atoms with E-state index in [9.17, 15) is 8.42 Å². The quantitative estimate of drug-likeness (QED) is 0.749. The van der Waals surface area contributed by atoms with Gasteiger partial charge in [-0.25, -0.2) is 13.1 Å². The van der Waals surface area contributed by atoms with Crippen molar-refractivity contribution in [3.63, 3.8) is 0 Å². The highest BCUT2D eigenvalue weighted by atomic mass is 35.5. The number of aliphatic hydroxyl groups excluding tert-OH is 1. The second-order valence-corrected chi connectivity index (χ2v) is 6.08. The predicted octanol–water partition coefficient (Wildman–Crippen LogP) is 1.52. The molecule has 0 aromatic heterocycles. The molecule has 0 amide bonds. The van der Waals surface area contributed by atoms with E-state index in [2.05, 4.69) is 4.72 Å². The summed E-state index contributed by atoms with van der Waals surface area (Å²) in [4.78, 5) is 0.202. The first-order valence-corrected chi connectivity index (χ1v) is 7.83. The average Bonchev–Trinajstić information content (AvgIpc) is 2.37. The van der Waals surface area contributed by atoms with Crippen LogP contribution in [0.5, 0.6) is 0 Å². The first-order chi connectivity index (χ1) is 8.53. The molecule has 18 heavy (non-hydrogen) atoms. The third-order valence-corrected chi connectivity index (χ3v) is 4.38. The number of hydrogen-bond donors (Lipinski definition) is 2. The summed E-state index contributed by atoms with van der Waals surface area (Å²) >= 11 is 5.61. The van der Waals surface area contributed by atoms with Crippen LogP contribution in [0.25, 0.3) is 0 Å². The standard InChI is InChI=1S/C12H18ClNO3S/c1-2-11(9-15)14-18(16,17)12-5-3-10(4-6-12)7-8-13/h3-6,11,14-15H,2,7-9H2,1H3/t11-/m0/s1. The molecule has 4 nitrogen and oxygen atoms in total. The van der Waals surface area contributed by atoms with Crippen LogP contribution in [0.4, 0.5) is 0 Å². The zero-order valence-corrected chi connectivity index (χ0v) is 11.8. The smallest absolute Gasteiger partial charge is 0.240 e. The lowest BCUT2D eigenvalue weighted by atomic mass is 10.2. The molecule has 0 saturated carbocycles. The SMILES string of the molecule is CC[C@@H](CO)NS(=O)(=O)c1ccc(CCCl)cc1. The summed E-state index contributed by atoms with van der Waals surface area (Å²) in [6.07, 6.45) is 1.25. The molecule has 6 heteroatoms. The van der Waals surface area contributed by atoms with Gasteiger partial charge in [0, 0.05) is 11.9 Å². The van der Waals surface area contributed by atoms with Gasteiger partial charge in [0.25, 0.3) is 0 Å². The van der Waals surface area contributed by atoms with E-state index in [1.165, 1.54) is 0 Å². The Hall–Kier alpha value is -0.620. The second kappa shape index (κ2) is 7.09. The maximum Gasteiger partial charge on any atom is 0.240 e. The largest absolute Gasteiger partial charge is 0.395 e. The Kier molecular flexibility index (Phi) is 6.08. The lowest BCUT2D eigenvalue weighted by Crippen LogP contribution is -2.36. The van der Waals surface area contributed by atoms with Gasteiger partial charge in [-0.05, 0) is 30.5 Å². The minimum absolute atomic E-state index is 0.202. The summed E-state index contributed by atoms with van der Waals surface area (Å²) in [7, 11) is -3.56. The van der Waals surface area contributed by atoms with Crippen molar-refractivity contribution in [2.75, 3.05) is 12.5 Å². The van der Waals surface area contributed by atoms with Gasteiger partial charge in [0.15, 0.2) is 0 Å². The van der Waals surface area contributed by atoms with E-state index in [-0.39, 0.29) is 11.5 Å². The number of benzene rings is 1. The fourth-order valence-electron chi connectivity index (χ4n) is 1.48. The molecule has 0 aliphatic carbocycles. The summed E-state index contributed by atoms with van der Waals surface area (Å²) < 4.78 is 26.4. The third kappa shape index (κ3) is 4.24. The third-order valence-electron chi connectivity index (χ3n) is 2.65. The Morgan fingerprint density at radius 3 is 2.39 bits per heavy atom. The molecule has 0 radical (unpaired) electrons. The number of rotatable bonds is 7. The van der Waals surface area contributed by atoms with E-state index in [1.807, 2.05) is 6.92 Å². The molecule has 1 aromatic rings. The molecule has 102 valence electrons. The van der Waals surface area contributed by atoms with Crippen molar-refractivity contribution in [1.82, 2.24) is 4.72 Å². The Labute approximate surface area is 113 Å². The van der Waals surface area contributed by atoms with Gasteiger partial charge in [-0.2, -0.15) is 0 Å². The van der Waals surface area contributed by atoms with Crippen molar-refractivity contribution in [3.05, 3.63) is 29.8 Å². The lowest BCUT2D eigenvalue weighted by molar-refractivity contribution is 0.254. The normalized spacial score (nSPS) is 13.5. The summed E-state index contributed by atoms with van der Waals surface area (Å²) in [5.74, 6) is 0.507. The van der Waals surface area contributed by atoms with Gasteiger partial charge in [0.05, 0.1) is 11.5 Å². The first-order valence-electron chi connectivity index (χ1n) is 5.81. The summed E-state index contributed by atoms with van der Waals surface area (Å²) in [5, 5.41) is 9.01. The fraction of sp³-hybridized carbons (Fsp3) is 0.500. The number of aliphatic hydroxyl groups is 1. The number of nitrogens with one attached hydrogen (secondary N) is 1. The van der Waals surface area contributed by atoms with Crippen LogP contribution in [-0.4, -0.2) is 32.1 Å². The van der Waals surface area contributed by atoms with Crippen LogP contribution in [0.2, 0.25) is 0 Å². The number of alkyl halides is 1. The van der Waals surface area contributed by atoms with Gasteiger partial charge in [-0.15, -0.1) is 11.6 Å². The predicted molar refractivity (Wildman–Crippen MR) is 72.4 cm³/mol. The van der Waals surface area contributed by atoms with Gasteiger partial charge < -0.3 is 5.11 Å². The Bertz CT molecular complexity index is 455. The summed E-state index contributed by atoms with van der Waals surface area (Å²) in [6.45, 7) is 1.60. The molecule has 0 saturated heterocycles. The zero-order chi connectivity index (χ0) is 13.6. The van der Waals surface area contributed by atoms with E-state index < -0.39 is 16.1 Å². The van der Waals surface area contributed by atoms with E-state index >= 15 is 0 Å². The van der Waals surface area contributed by atoms with E-state index in [0.717, 1.165) is 5.56 Å². The van der Waals surface area contributed by atoms with Gasteiger partial charge in [-0.3, -0.25) is 0 Å². The molecule has 0 heterocycles. The Morgan fingerprint density at radius 2 is 1.94 bits per heavy atom. The molecule has 1 rings (SSSR count). The molecule has 2 N–H and O–H groups in total. The van der Waals surface area contributed by atoms with Crippen LogP contribution in [0.15, 0.2) is 29.2 Å². The molecule has 0 aliphatic rings.